The summed E-state index contributed by atoms with van der Waals surface area (Å²) in [6, 6.07) is 25.5. The molecule has 40 heavy (non-hydrogen) atoms. The lowest BCUT2D eigenvalue weighted by atomic mass is 9.90. The van der Waals surface area contributed by atoms with Crippen LogP contribution in [0.1, 0.15) is 71.9 Å². The molecule has 0 aliphatic heterocycles. The number of hydrogen-bond acceptors (Lipinski definition) is 5. The molecule has 2 N–H and O–H groups in total. The van der Waals surface area contributed by atoms with Gasteiger partial charge in [-0.15, -0.1) is 11.3 Å². The molecule has 0 spiro atoms. The van der Waals surface area contributed by atoms with Crippen molar-refractivity contribution in [3.05, 3.63) is 106 Å². The standard InChI is InChI=1S/C33H37N3O3S/c1-3-8-25(9-4-2)26-16-18-29(19-17-26)34-33(39)28-14-12-27(13-15-28)30-23-40-31(35-30)21-36(22-32(37)38)20-24-10-6-5-7-11-24/h5-7,10-19,23,25H,3-4,8-9,20-22H2,1-2H3,(H,34,39)(H,37,38). The Morgan fingerprint density at radius 1 is 0.900 bits per heavy atom. The van der Waals surface area contributed by atoms with Crippen LogP contribution >= 0.6 is 11.3 Å². The maximum absolute atomic E-state index is 12.9. The van der Waals surface area contributed by atoms with E-state index >= 15 is 0 Å². The molecule has 4 aromatic rings. The first-order chi connectivity index (χ1) is 19.4. The van der Waals surface area contributed by atoms with Gasteiger partial charge in [-0.2, -0.15) is 0 Å². The maximum atomic E-state index is 12.9. The molecule has 0 unspecified atom stereocenters. The first-order valence-corrected chi connectivity index (χ1v) is 14.8. The number of carboxylic acids is 1. The van der Waals surface area contributed by atoms with Gasteiger partial charge in [0.1, 0.15) is 5.01 Å². The predicted molar refractivity (Wildman–Crippen MR) is 163 cm³/mol. The van der Waals surface area contributed by atoms with Crippen molar-refractivity contribution in [3.63, 3.8) is 0 Å². The average Bonchev–Trinajstić information content (AvgIpc) is 3.42. The third-order valence-corrected chi connectivity index (χ3v) is 7.71. The third kappa shape index (κ3) is 8.34. The molecule has 1 heterocycles. The average molecular weight is 556 g/mol. The van der Waals surface area contributed by atoms with Crippen LogP contribution in [0.2, 0.25) is 0 Å². The van der Waals surface area contributed by atoms with Crippen molar-refractivity contribution in [1.29, 1.82) is 0 Å². The van der Waals surface area contributed by atoms with Crippen LogP contribution in [0.3, 0.4) is 0 Å². The van der Waals surface area contributed by atoms with Crippen molar-refractivity contribution in [2.75, 3.05) is 11.9 Å². The smallest absolute Gasteiger partial charge is 0.317 e. The number of carbonyl (C=O) groups is 2. The van der Waals surface area contributed by atoms with Crippen LogP contribution in [0.5, 0.6) is 0 Å². The molecular weight excluding hydrogens is 518 g/mol. The molecule has 0 saturated carbocycles. The highest BCUT2D eigenvalue weighted by Gasteiger charge is 2.15. The Morgan fingerprint density at radius 2 is 1.57 bits per heavy atom. The Bertz CT molecular complexity index is 1360. The number of rotatable bonds is 14. The number of carbonyl (C=O) groups excluding carboxylic acids is 1. The van der Waals surface area contributed by atoms with Gasteiger partial charge < -0.3 is 10.4 Å². The molecule has 1 amide bonds. The van der Waals surface area contributed by atoms with Crippen LogP contribution in [-0.4, -0.2) is 33.4 Å². The van der Waals surface area contributed by atoms with Crippen LogP contribution < -0.4 is 5.32 Å². The number of thiazole rings is 1. The first kappa shape index (κ1) is 29.2. The first-order valence-electron chi connectivity index (χ1n) is 13.9. The number of nitrogens with zero attached hydrogens (tertiary/aromatic N) is 2. The van der Waals surface area contributed by atoms with E-state index in [9.17, 15) is 14.7 Å². The molecule has 0 bridgehead atoms. The molecule has 208 valence electrons. The van der Waals surface area contributed by atoms with E-state index < -0.39 is 5.97 Å². The lowest BCUT2D eigenvalue weighted by Gasteiger charge is -2.19. The largest absolute Gasteiger partial charge is 0.480 e. The van der Waals surface area contributed by atoms with E-state index in [1.165, 1.54) is 42.6 Å². The summed E-state index contributed by atoms with van der Waals surface area (Å²) in [6.07, 6.45) is 4.69. The van der Waals surface area contributed by atoms with Crippen molar-refractivity contribution >= 4 is 28.9 Å². The summed E-state index contributed by atoms with van der Waals surface area (Å²) in [6.45, 7) is 5.36. The number of carboxylic acid groups (broad SMARTS) is 1. The minimum atomic E-state index is -0.866. The van der Waals surface area contributed by atoms with Gasteiger partial charge in [0.15, 0.2) is 0 Å². The number of aromatic nitrogens is 1. The summed E-state index contributed by atoms with van der Waals surface area (Å²) in [4.78, 5) is 30.9. The number of hydrogen-bond donors (Lipinski definition) is 2. The summed E-state index contributed by atoms with van der Waals surface area (Å²) >= 11 is 1.51. The van der Waals surface area contributed by atoms with E-state index in [1.54, 1.807) is 0 Å². The van der Waals surface area contributed by atoms with Gasteiger partial charge in [-0.3, -0.25) is 14.5 Å². The lowest BCUT2D eigenvalue weighted by Crippen LogP contribution is -2.28. The summed E-state index contributed by atoms with van der Waals surface area (Å²) in [5, 5.41) is 15.2. The summed E-state index contributed by atoms with van der Waals surface area (Å²) in [5.41, 5.74) is 5.48. The molecule has 6 nitrogen and oxygen atoms in total. The number of nitrogens with one attached hydrogen (secondary N) is 1. The molecule has 1 aromatic heterocycles. The minimum absolute atomic E-state index is 0.0611. The quantitative estimate of drug-likeness (QED) is 0.166. The lowest BCUT2D eigenvalue weighted by molar-refractivity contribution is -0.138. The Kier molecular flexibility index (Phi) is 10.6. The second-order valence-electron chi connectivity index (χ2n) is 10.1. The van der Waals surface area contributed by atoms with Crippen LogP contribution in [0, 0.1) is 0 Å². The minimum Gasteiger partial charge on any atom is -0.480 e. The molecule has 0 atom stereocenters. The Hall–Kier alpha value is -3.81. The molecular formula is C33H37N3O3S. The van der Waals surface area contributed by atoms with Crippen molar-refractivity contribution in [3.8, 4) is 11.3 Å². The van der Waals surface area contributed by atoms with Gasteiger partial charge in [-0.1, -0.05) is 81.3 Å². The van der Waals surface area contributed by atoms with Crippen molar-refractivity contribution in [1.82, 2.24) is 9.88 Å². The second-order valence-corrected chi connectivity index (χ2v) is 11.0. The maximum Gasteiger partial charge on any atom is 0.317 e. The van der Waals surface area contributed by atoms with Crippen LogP contribution in [0.25, 0.3) is 11.3 Å². The van der Waals surface area contributed by atoms with Crippen LogP contribution in [0.15, 0.2) is 84.2 Å². The van der Waals surface area contributed by atoms with Gasteiger partial charge >= 0.3 is 5.97 Å². The van der Waals surface area contributed by atoms with E-state index in [0.29, 0.717) is 24.6 Å². The van der Waals surface area contributed by atoms with Crippen LogP contribution in [-0.2, 0) is 17.9 Å². The molecule has 0 fully saturated rings. The zero-order valence-electron chi connectivity index (χ0n) is 23.2. The van der Waals surface area contributed by atoms with E-state index in [2.05, 4.69) is 31.3 Å². The fraction of sp³-hybridized carbons (Fsp3) is 0.303. The van der Waals surface area contributed by atoms with E-state index in [0.717, 1.165) is 27.5 Å². The summed E-state index contributed by atoms with van der Waals surface area (Å²) < 4.78 is 0. The Balaban J connectivity index is 1.37. The Labute approximate surface area is 240 Å². The zero-order chi connectivity index (χ0) is 28.3. The molecule has 7 heteroatoms. The summed E-state index contributed by atoms with van der Waals surface area (Å²) in [5.74, 6) is -0.445. The molecule has 4 rings (SSSR count). The fourth-order valence-electron chi connectivity index (χ4n) is 4.92. The number of amides is 1. The third-order valence-electron chi connectivity index (χ3n) is 6.88. The Morgan fingerprint density at radius 3 is 2.20 bits per heavy atom. The molecule has 3 aromatic carbocycles. The molecule has 0 aliphatic rings. The summed E-state index contributed by atoms with van der Waals surface area (Å²) in [7, 11) is 0. The van der Waals surface area contributed by atoms with Gasteiger partial charge in [0, 0.05) is 28.7 Å². The van der Waals surface area contributed by atoms with Gasteiger partial charge in [0.2, 0.25) is 0 Å². The topological polar surface area (TPSA) is 82.5 Å². The number of anilines is 1. The highest BCUT2D eigenvalue weighted by Crippen LogP contribution is 2.28. The zero-order valence-corrected chi connectivity index (χ0v) is 24.0. The van der Waals surface area contributed by atoms with E-state index in [-0.39, 0.29) is 12.5 Å². The molecule has 0 aliphatic carbocycles. The second kappa shape index (κ2) is 14.5. The number of aliphatic carboxylic acids is 1. The highest BCUT2D eigenvalue weighted by atomic mass is 32.1. The van der Waals surface area contributed by atoms with Gasteiger partial charge in [0.25, 0.3) is 5.91 Å². The van der Waals surface area contributed by atoms with Gasteiger partial charge in [-0.25, -0.2) is 4.98 Å². The highest BCUT2D eigenvalue weighted by molar-refractivity contribution is 7.09. The van der Waals surface area contributed by atoms with E-state index in [1.807, 2.05) is 77.0 Å². The number of benzene rings is 3. The normalized spacial score (nSPS) is 11.2. The van der Waals surface area contributed by atoms with Crippen molar-refractivity contribution < 1.29 is 14.7 Å². The van der Waals surface area contributed by atoms with Gasteiger partial charge in [0.05, 0.1) is 18.8 Å². The van der Waals surface area contributed by atoms with Gasteiger partial charge in [-0.05, 0) is 54.2 Å². The molecule has 0 radical (unpaired) electrons. The monoisotopic (exact) mass is 555 g/mol. The van der Waals surface area contributed by atoms with Crippen LogP contribution in [0.4, 0.5) is 5.69 Å². The van der Waals surface area contributed by atoms with E-state index in [4.69, 9.17) is 4.98 Å². The SMILES string of the molecule is CCCC(CCC)c1ccc(NC(=O)c2ccc(-c3csc(CN(CC(=O)O)Cc4ccccc4)n3)cc2)cc1. The van der Waals surface area contributed by atoms with Crippen molar-refractivity contribution in [2.24, 2.45) is 0 Å². The van der Waals surface area contributed by atoms with Crippen molar-refractivity contribution in [2.45, 2.75) is 58.5 Å². The fourth-order valence-corrected chi connectivity index (χ4v) is 5.76. The predicted octanol–water partition coefficient (Wildman–Crippen LogP) is 7.83. The molecule has 0 saturated heterocycles.